The third kappa shape index (κ3) is 3.35. The van der Waals surface area contributed by atoms with E-state index in [4.69, 9.17) is 11.5 Å². The predicted molar refractivity (Wildman–Crippen MR) is 71.2 cm³/mol. The van der Waals surface area contributed by atoms with Crippen molar-refractivity contribution in [3.63, 3.8) is 0 Å². The van der Waals surface area contributed by atoms with E-state index < -0.39 is 5.91 Å². The predicted octanol–water partition coefficient (Wildman–Crippen LogP) is 0.365. The molecular weight excluding hydrogens is 216 g/mol. The third-order valence-electron chi connectivity index (χ3n) is 2.64. The van der Waals surface area contributed by atoms with E-state index in [9.17, 15) is 4.79 Å². The molecule has 4 N–H and O–H groups in total. The van der Waals surface area contributed by atoms with Crippen molar-refractivity contribution in [1.82, 2.24) is 4.90 Å². The third-order valence-corrected chi connectivity index (χ3v) is 2.64. The van der Waals surface area contributed by atoms with Crippen molar-refractivity contribution < 1.29 is 4.79 Å². The van der Waals surface area contributed by atoms with Crippen LogP contribution in [0.1, 0.15) is 10.4 Å². The Labute approximate surface area is 102 Å². The summed E-state index contributed by atoms with van der Waals surface area (Å²) in [5.74, 6) is -0.495. The number of nitrogens with zero attached hydrogens (tertiary/aromatic N) is 2. The van der Waals surface area contributed by atoms with Crippen molar-refractivity contribution in [3.8, 4) is 0 Å². The number of hydrogen-bond acceptors (Lipinski definition) is 4. The molecule has 1 amide bonds. The van der Waals surface area contributed by atoms with Crippen LogP contribution in [0.2, 0.25) is 0 Å². The summed E-state index contributed by atoms with van der Waals surface area (Å²) in [6.45, 7) is 1.75. The summed E-state index contributed by atoms with van der Waals surface area (Å²) in [7, 11) is 5.97. The molecule has 0 radical (unpaired) electrons. The molecule has 5 heteroatoms. The molecule has 0 aliphatic carbocycles. The molecule has 0 saturated heterocycles. The lowest BCUT2D eigenvalue weighted by Gasteiger charge is -2.23. The minimum Gasteiger partial charge on any atom is -0.396 e. The zero-order chi connectivity index (χ0) is 13.0. The van der Waals surface area contributed by atoms with Crippen molar-refractivity contribution in [2.75, 3.05) is 44.9 Å². The van der Waals surface area contributed by atoms with Crippen LogP contribution in [0.5, 0.6) is 0 Å². The van der Waals surface area contributed by atoms with Crippen LogP contribution in [0, 0.1) is 0 Å². The standard InChI is InChI=1S/C12H20N4O/c1-15(2)7-8-16(3)10-6-4-5-9(11(10)13)12(14)17/h4-6H,7-8,13H2,1-3H3,(H2,14,17). The molecule has 5 nitrogen and oxygen atoms in total. The van der Waals surface area contributed by atoms with Gasteiger partial charge in [-0.3, -0.25) is 4.79 Å². The molecule has 0 aliphatic heterocycles. The highest BCUT2D eigenvalue weighted by Crippen LogP contribution is 2.25. The second kappa shape index (κ2) is 5.54. The van der Waals surface area contributed by atoms with E-state index >= 15 is 0 Å². The minimum atomic E-state index is -0.495. The van der Waals surface area contributed by atoms with Crippen LogP contribution in [0.4, 0.5) is 11.4 Å². The summed E-state index contributed by atoms with van der Waals surface area (Å²) in [5.41, 5.74) is 12.9. The number of likely N-dealkylation sites (N-methyl/N-ethyl adjacent to an activating group) is 2. The van der Waals surface area contributed by atoms with Gasteiger partial charge in [0.2, 0.25) is 0 Å². The van der Waals surface area contributed by atoms with Gasteiger partial charge in [-0.05, 0) is 26.2 Å². The van der Waals surface area contributed by atoms with Gasteiger partial charge in [-0.2, -0.15) is 0 Å². The maximum Gasteiger partial charge on any atom is 0.250 e. The number of primary amides is 1. The first-order valence-electron chi connectivity index (χ1n) is 5.47. The summed E-state index contributed by atoms with van der Waals surface area (Å²) in [5, 5.41) is 0. The normalized spacial score (nSPS) is 10.6. The Kier molecular flexibility index (Phi) is 4.34. The Bertz CT molecular complexity index is 403. The first-order chi connectivity index (χ1) is 7.93. The van der Waals surface area contributed by atoms with Crippen molar-refractivity contribution in [1.29, 1.82) is 0 Å². The first-order valence-corrected chi connectivity index (χ1v) is 5.47. The summed E-state index contributed by atoms with van der Waals surface area (Å²) in [6.07, 6.45) is 0. The topological polar surface area (TPSA) is 75.6 Å². The summed E-state index contributed by atoms with van der Waals surface area (Å²) in [6, 6.07) is 5.32. The van der Waals surface area contributed by atoms with E-state index in [1.54, 1.807) is 12.1 Å². The van der Waals surface area contributed by atoms with Crippen molar-refractivity contribution in [3.05, 3.63) is 23.8 Å². The molecule has 0 heterocycles. The van der Waals surface area contributed by atoms with Crippen LogP contribution in [0.25, 0.3) is 0 Å². The van der Waals surface area contributed by atoms with Gasteiger partial charge >= 0.3 is 0 Å². The molecule has 0 fully saturated rings. The van der Waals surface area contributed by atoms with E-state index in [2.05, 4.69) is 4.90 Å². The number of nitrogen functional groups attached to an aromatic ring is 1. The van der Waals surface area contributed by atoms with Crippen LogP contribution in [-0.4, -0.2) is 45.0 Å². The maximum absolute atomic E-state index is 11.2. The SMILES string of the molecule is CN(C)CCN(C)c1cccc(C(N)=O)c1N. The van der Waals surface area contributed by atoms with Gasteiger partial charge < -0.3 is 21.3 Å². The summed E-state index contributed by atoms with van der Waals surface area (Å²) >= 11 is 0. The van der Waals surface area contributed by atoms with Crippen LogP contribution in [0.15, 0.2) is 18.2 Å². The fraction of sp³-hybridized carbons (Fsp3) is 0.417. The van der Waals surface area contributed by atoms with Crippen LogP contribution in [0.3, 0.4) is 0 Å². The van der Waals surface area contributed by atoms with Crippen molar-refractivity contribution in [2.45, 2.75) is 0 Å². The Morgan fingerprint density at radius 1 is 1.24 bits per heavy atom. The fourth-order valence-electron chi connectivity index (χ4n) is 1.57. The van der Waals surface area contributed by atoms with Gasteiger partial charge in [0.15, 0.2) is 0 Å². The average Bonchev–Trinajstić information content (AvgIpc) is 2.25. The number of rotatable bonds is 5. The number of benzene rings is 1. The zero-order valence-electron chi connectivity index (χ0n) is 10.6. The molecule has 1 aromatic rings. The number of anilines is 2. The van der Waals surface area contributed by atoms with Gasteiger partial charge in [0, 0.05) is 20.1 Å². The van der Waals surface area contributed by atoms with Gasteiger partial charge in [0.1, 0.15) is 0 Å². The molecule has 94 valence electrons. The lowest BCUT2D eigenvalue weighted by atomic mass is 10.1. The molecule has 0 aliphatic rings. The Morgan fingerprint density at radius 3 is 2.41 bits per heavy atom. The van der Waals surface area contributed by atoms with Gasteiger partial charge in [-0.25, -0.2) is 0 Å². The lowest BCUT2D eigenvalue weighted by molar-refractivity contribution is 0.100. The smallest absolute Gasteiger partial charge is 0.250 e. The molecule has 0 saturated carbocycles. The largest absolute Gasteiger partial charge is 0.396 e. The van der Waals surface area contributed by atoms with Crippen molar-refractivity contribution >= 4 is 17.3 Å². The van der Waals surface area contributed by atoms with E-state index in [1.165, 1.54) is 0 Å². The van der Waals surface area contributed by atoms with Crippen LogP contribution >= 0.6 is 0 Å². The second-order valence-electron chi connectivity index (χ2n) is 4.33. The number of carbonyl (C=O) groups is 1. The van der Waals surface area contributed by atoms with Crippen LogP contribution in [-0.2, 0) is 0 Å². The molecule has 0 spiro atoms. The Hall–Kier alpha value is -1.75. The molecule has 0 aromatic heterocycles. The highest BCUT2D eigenvalue weighted by atomic mass is 16.1. The molecule has 1 rings (SSSR count). The highest BCUT2D eigenvalue weighted by Gasteiger charge is 2.12. The second-order valence-corrected chi connectivity index (χ2v) is 4.33. The molecule has 1 aromatic carbocycles. The Balaban J connectivity index is 2.90. The highest BCUT2D eigenvalue weighted by molar-refractivity contribution is 6.00. The number of hydrogen-bond donors (Lipinski definition) is 2. The zero-order valence-corrected chi connectivity index (χ0v) is 10.6. The van der Waals surface area contributed by atoms with Crippen LogP contribution < -0.4 is 16.4 Å². The number of nitrogens with two attached hydrogens (primary N) is 2. The minimum absolute atomic E-state index is 0.374. The van der Waals surface area contributed by atoms with Crippen molar-refractivity contribution in [2.24, 2.45) is 5.73 Å². The van der Waals surface area contributed by atoms with Gasteiger partial charge in [0.25, 0.3) is 5.91 Å². The van der Waals surface area contributed by atoms with Gasteiger partial charge in [-0.1, -0.05) is 6.07 Å². The van der Waals surface area contributed by atoms with E-state index in [0.717, 1.165) is 18.8 Å². The number of carbonyl (C=O) groups excluding carboxylic acids is 1. The van der Waals surface area contributed by atoms with E-state index in [-0.39, 0.29) is 0 Å². The summed E-state index contributed by atoms with van der Waals surface area (Å²) < 4.78 is 0. The fourth-order valence-corrected chi connectivity index (χ4v) is 1.57. The Morgan fingerprint density at radius 2 is 1.88 bits per heavy atom. The molecular formula is C12H20N4O. The van der Waals surface area contributed by atoms with Gasteiger partial charge in [0.05, 0.1) is 16.9 Å². The number of amides is 1. The maximum atomic E-state index is 11.2. The lowest BCUT2D eigenvalue weighted by Crippen LogP contribution is -2.29. The quantitative estimate of drug-likeness (QED) is 0.724. The first kappa shape index (κ1) is 13.3. The average molecular weight is 236 g/mol. The summed E-state index contributed by atoms with van der Waals surface area (Å²) in [4.78, 5) is 15.3. The van der Waals surface area contributed by atoms with Gasteiger partial charge in [-0.15, -0.1) is 0 Å². The monoisotopic (exact) mass is 236 g/mol. The van der Waals surface area contributed by atoms with E-state index in [1.807, 2.05) is 32.1 Å². The van der Waals surface area contributed by atoms with E-state index in [0.29, 0.717) is 11.3 Å². The number of para-hydroxylation sites is 1. The molecule has 0 bridgehead atoms. The molecule has 0 unspecified atom stereocenters. The molecule has 0 atom stereocenters. The molecule has 17 heavy (non-hydrogen) atoms.